The molecule has 5 N–H and O–H groups in total. The summed E-state index contributed by atoms with van der Waals surface area (Å²) >= 11 is 0. The summed E-state index contributed by atoms with van der Waals surface area (Å²) in [5.41, 5.74) is 1.80. The average Bonchev–Trinajstić information content (AvgIpc) is 3.15. The number of hydrogen-bond donors (Lipinski definition) is 5. The van der Waals surface area contributed by atoms with Gasteiger partial charge in [0.15, 0.2) is 6.29 Å². The molecule has 0 aromatic rings. The molecule has 1 amide bonds. The molecule has 0 aromatic heterocycles. The highest BCUT2D eigenvalue weighted by molar-refractivity contribution is 5.74. The van der Waals surface area contributed by atoms with Crippen molar-refractivity contribution in [2.45, 2.75) is 167 Å². The summed E-state index contributed by atoms with van der Waals surface area (Å²) < 4.78 is 42.8. The van der Waals surface area contributed by atoms with Crippen LogP contribution in [0.3, 0.4) is 0 Å². The van der Waals surface area contributed by atoms with Crippen LogP contribution in [0.5, 0.6) is 0 Å². The van der Waals surface area contributed by atoms with Crippen molar-refractivity contribution in [3.8, 4) is 0 Å². The van der Waals surface area contributed by atoms with Gasteiger partial charge in [-0.2, -0.15) is 0 Å². The number of amides is 1. The molecule has 2 saturated heterocycles. The van der Waals surface area contributed by atoms with Crippen LogP contribution >= 0.6 is 0 Å². The third-order valence-electron chi connectivity index (χ3n) is 11.8. The lowest BCUT2D eigenvalue weighted by Crippen LogP contribution is -2.68. The molecule has 17 unspecified atom stereocenters. The summed E-state index contributed by atoms with van der Waals surface area (Å²) in [6, 6.07) is -0.568. The monoisotopic (exact) mass is 809 g/mol. The fourth-order valence-corrected chi connectivity index (χ4v) is 7.84. The summed E-state index contributed by atoms with van der Waals surface area (Å²) in [6.07, 6.45) is 4.04. The zero-order valence-electron chi connectivity index (χ0n) is 36.0. The van der Waals surface area contributed by atoms with Gasteiger partial charge in [0.2, 0.25) is 11.7 Å². The Labute approximate surface area is 339 Å². The Morgan fingerprint density at radius 3 is 2.28 bits per heavy atom. The summed E-state index contributed by atoms with van der Waals surface area (Å²) in [5.74, 6) is -5.67. The van der Waals surface area contributed by atoms with Crippen LogP contribution in [0, 0.1) is 23.7 Å². The predicted octanol–water partition coefficient (Wildman–Crippen LogP) is 3.89. The number of hydrogen-bond acceptors (Lipinski definition) is 13. The van der Waals surface area contributed by atoms with Gasteiger partial charge in [-0.1, -0.05) is 62.3 Å². The van der Waals surface area contributed by atoms with Crippen molar-refractivity contribution in [2.75, 3.05) is 21.3 Å². The van der Waals surface area contributed by atoms with E-state index in [4.69, 9.17) is 33.2 Å². The van der Waals surface area contributed by atoms with Crippen molar-refractivity contribution >= 4 is 11.9 Å². The maximum atomic E-state index is 14.1. The SMILES string of the molecule is COC1CCC=C(C)C=CC(OC2CC(NC(C)=O)C(O)C(C)O2)C(C)CC(OC)C2OC(O)(C(C)C(=O)OC1C=CC(C)=CC(C)C(C)O)C(OC)C(O)C2C. The number of carbonyl (C=O) groups excluding carboxylic acids is 2. The topological polar surface area (TPSA) is 192 Å². The number of aliphatic hydroxyl groups is 4. The van der Waals surface area contributed by atoms with Gasteiger partial charge in [0, 0.05) is 46.5 Å². The van der Waals surface area contributed by atoms with Gasteiger partial charge in [0.25, 0.3) is 0 Å². The van der Waals surface area contributed by atoms with Crippen LogP contribution < -0.4 is 5.32 Å². The van der Waals surface area contributed by atoms with E-state index < -0.39 is 97.0 Å². The van der Waals surface area contributed by atoms with E-state index >= 15 is 0 Å². The Hall–Kier alpha value is -2.50. The smallest absolute Gasteiger partial charge is 0.314 e. The Bertz CT molecular complexity index is 1410. The number of carbonyl (C=O) groups is 2. The molecule has 3 rings (SSSR count). The third kappa shape index (κ3) is 13.0. The third-order valence-corrected chi connectivity index (χ3v) is 11.8. The molecule has 2 fully saturated rings. The zero-order chi connectivity index (χ0) is 42.8. The highest BCUT2D eigenvalue weighted by Crippen LogP contribution is 2.42. The molecule has 0 radical (unpaired) electrons. The van der Waals surface area contributed by atoms with Gasteiger partial charge >= 0.3 is 5.97 Å². The average molecular weight is 810 g/mol. The van der Waals surface area contributed by atoms with E-state index in [2.05, 4.69) is 11.4 Å². The van der Waals surface area contributed by atoms with Crippen molar-refractivity contribution in [1.82, 2.24) is 5.32 Å². The van der Waals surface area contributed by atoms with E-state index in [9.17, 15) is 30.0 Å². The second-order valence-corrected chi connectivity index (χ2v) is 16.4. The van der Waals surface area contributed by atoms with Crippen molar-refractivity contribution in [1.29, 1.82) is 0 Å². The number of ether oxygens (including phenoxy) is 7. The molecule has 326 valence electrons. The number of rotatable bonds is 10. The van der Waals surface area contributed by atoms with Gasteiger partial charge in [-0.05, 0) is 65.9 Å². The summed E-state index contributed by atoms with van der Waals surface area (Å²) in [4.78, 5) is 26.0. The normalized spacial score (nSPS) is 40.4. The van der Waals surface area contributed by atoms with Crippen LogP contribution in [0.2, 0.25) is 0 Å². The van der Waals surface area contributed by atoms with Crippen LogP contribution in [0.25, 0.3) is 0 Å². The lowest BCUT2D eigenvalue weighted by Gasteiger charge is -2.51. The molecule has 14 heteroatoms. The first-order valence-electron chi connectivity index (χ1n) is 20.3. The van der Waals surface area contributed by atoms with E-state index in [0.29, 0.717) is 19.3 Å². The molecule has 2 bridgehead atoms. The van der Waals surface area contributed by atoms with E-state index in [-0.39, 0.29) is 24.2 Å². The van der Waals surface area contributed by atoms with Gasteiger partial charge in [0.1, 0.15) is 24.2 Å². The highest BCUT2D eigenvalue weighted by Gasteiger charge is 2.59. The fraction of sp³-hybridized carbons (Fsp3) is 0.767. The first-order chi connectivity index (χ1) is 26.8. The number of allylic oxidation sites excluding steroid dienone is 5. The van der Waals surface area contributed by atoms with Gasteiger partial charge in [-0.3, -0.25) is 9.59 Å². The van der Waals surface area contributed by atoms with Crippen molar-refractivity contribution < 1.29 is 63.2 Å². The first-order valence-corrected chi connectivity index (χ1v) is 20.3. The van der Waals surface area contributed by atoms with Gasteiger partial charge < -0.3 is 58.9 Å². The lowest BCUT2D eigenvalue weighted by molar-refractivity contribution is -0.367. The molecule has 0 aliphatic carbocycles. The van der Waals surface area contributed by atoms with Crippen molar-refractivity contribution in [3.05, 3.63) is 47.6 Å². The predicted molar refractivity (Wildman–Crippen MR) is 214 cm³/mol. The van der Waals surface area contributed by atoms with Gasteiger partial charge in [-0.15, -0.1) is 0 Å². The second kappa shape index (κ2) is 22.2. The Morgan fingerprint density at radius 2 is 1.68 bits per heavy atom. The van der Waals surface area contributed by atoms with E-state index in [1.54, 1.807) is 34.0 Å². The minimum absolute atomic E-state index is 0.108. The maximum absolute atomic E-state index is 14.1. The number of aliphatic hydroxyl groups excluding tert-OH is 3. The lowest BCUT2D eigenvalue weighted by atomic mass is 9.78. The van der Waals surface area contributed by atoms with Crippen LogP contribution in [-0.2, 0) is 42.7 Å². The molecule has 3 heterocycles. The quantitative estimate of drug-likeness (QED) is 0.158. The van der Waals surface area contributed by atoms with Crippen molar-refractivity contribution in [3.63, 3.8) is 0 Å². The number of cyclic esters (lactones) is 1. The van der Waals surface area contributed by atoms with Gasteiger partial charge in [0.05, 0.1) is 48.8 Å². The second-order valence-electron chi connectivity index (χ2n) is 16.4. The van der Waals surface area contributed by atoms with Gasteiger partial charge in [-0.25, -0.2) is 0 Å². The maximum Gasteiger partial charge on any atom is 0.314 e. The van der Waals surface area contributed by atoms with Crippen molar-refractivity contribution in [2.24, 2.45) is 23.7 Å². The van der Waals surface area contributed by atoms with E-state index in [1.807, 2.05) is 52.0 Å². The highest BCUT2D eigenvalue weighted by atomic mass is 16.7. The molecular formula is C43H71NO13. The van der Waals surface area contributed by atoms with E-state index in [0.717, 1.165) is 11.1 Å². The Balaban J connectivity index is 2.10. The molecule has 0 spiro atoms. The molecule has 57 heavy (non-hydrogen) atoms. The Morgan fingerprint density at radius 1 is 1.02 bits per heavy atom. The van der Waals surface area contributed by atoms with Crippen LogP contribution in [-0.4, -0.2) is 133 Å². The standard InChI is InChI=1S/C43H71NO13/c1-23-14-13-15-34(51-10)35(19-17-24(2)20-25(3)29(7)45)56-42(49)28(6)43(50)41(53-12)38(47)27(5)40(57-43)36(52-11)21-26(4)33(18-16-23)55-37-22-32(44-31(9)46)39(48)30(8)54-37/h14,16-20,25-30,32-41,45,47-48,50H,13,15,21-22H2,1-12H3,(H,44,46). The van der Waals surface area contributed by atoms with Crippen LogP contribution in [0.15, 0.2) is 47.6 Å². The van der Waals surface area contributed by atoms with E-state index in [1.165, 1.54) is 28.1 Å². The molecule has 0 aromatic carbocycles. The molecular weight excluding hydrogens is 738 g/mol. The first kappa shape index (κ1) is 48.9. The summed E-state index contributed by atoms with van der Waals surface area (Å²) in [7, 11) is 4.41. The molecule has 3 aliphatic heterocycles. The number of fused-ring (bicyclic) bond motifs is 2. The van der Waals surface area contributed by atoms with Crippen LogP contribution in [0.1, 0.15) is 88.0 Å². The molecule has 14 nitrogen and oxygen atoms in total. The largest absolute Gasteiger partial charge is 0.455 e. The zero-order valence-corrected chi connectivity index (χ0v) is 36.0. The number of nitrogens with one attached hydrogen (secondary N) is 1. The number of esters is 1. The summed E-state index contributed by atoms with van der Waals surface area (Å²) in [6.45, 7) is 15.9. The minimum Gasteiger partial charge on any atom is -0.455 e. The van der Waals surface area contributed by atoms with Crippen LogP contribution in [0.4, 0.5) is 0 Å². The molecule has 3 aliphatic rings. The Kier molecular flexibility index (Phi) is 19.0. The summed E-state index contributed by atoms with van der Waals surface area (Å²) in [5, 5.41) is 47.5. The fourth-order valence-electron chi connectivity index (χ4n) is 7.84. The minimum atomic E-state index is -2.32. The number of methoxy groups -OCH3 is 3. The molecule has 17 atom stereocenters. The molecule has 0 saturated carbocycles.